The maximum absolute atomic E-state index is 12.3. The van der Waals surface area contributed by atoms with E-state index in [4.69, 9.17) is 18.9 Å². The Labute approximate surface area is 226 Å². The summed E-state index contributed by atoms with van der Waals surface area (Å²) >= 11 is 0. The second-order valence-corrected chi connectivity index (χ2v) is 8.65. The van der Waals surface area contributed by atoms with Crippen molar-refractivity contribution in [3.63, 3.8) is 0 Å². The van der Waals surface area contributed by atoms with Gasteiger partial charge in [-0.2, -0.15) is 0 Å². The first kappa shape index (κ1) is 30.9. The fourth-order valence-corrected chi connectivity index (χ4v) is 3.22. The first-order valence-electron chi connectivity index (χ1n) is 12.1. The average Bonchev–Trinajstić information content (AvgIpc) is 2.86. The monoisotopic (exact) mass is 540 g/mol. The molecule has 208 valence electrons. The van der Waals surface area contributed by atoms with Gasteiger partial charge in [-0.1, -0.05) is 24.3 Å². The van der Waals surface area contributed by atoms with Crippen LogP contribution in [0.3, 0.4) is 0 Å². The second kappa shape index (κ2) is 15.2. The molecule has 0 saturated carbocycles. The molecule has 0 aromatic heterocycles. The van der Waals surface area contributed by atoms with Gasteiger partial charge >= 0.3 is 11.9 Å². The Balaban J connectivity index is 1.98. The number of hydrogen-bond acceptors (Lipinski definition) is 10. The van der Waals surface area contributed by atoms with Crippen LogP contribution in [0.2, 0.25) is 0 Å². The molecule has 0 fully saturated rings. The van der Waals surface area contributed by atoms with Gasteiger partial charge in [-0.25, -0.2) is 0 Å². The molecular formula is C29H32O10. The Morgan fingerprint density at radius 3 is 1.41 bits per heavy atom. The van der Waals surface area contributed by atoms with Crippen molar-refractivity contribution in [2.24, 2.45) is 0 Å². The van der Waals surface area contributed by atoms with Crippen LogP contribution in [0.5, 0.6) is 23.0 Å². The summed E-state index contributed by atoms with van der Waals surface area (Å²) in [6.45, 7) is 2.95. The molecule has 0 aliphatic rings. The standard InChI is InChI=1S/C29H32O10/c1-18(30)13-28(34)38-24-11-7-20(15-26(24)36-3)5-9-22(32)17-23(33)10-6-21-8-12-25(27(16-21)37-4)39-29(35)14-19(2)31/h5-12,15-16,18-19,30-31H,13-14,17H2,1-4H3/b9-5+,10-6+/t18-,19-/m1/s1. The molecule has 2 atom stereocenters. The SMILES string of the molecule is COc1cc(/C=C/C(=O)CC(=O)/C=C/c2ccc(OC(=O)C[C@@H](C)O)c(OC)c2)ccc1OC(=O)C[C@@H](C)O. The van der Waals surface area contributed by atoms with Crippen LogP contribution in [0.4, 0.5) is 0 Å². The van der Waals surface area contributed by atoms with Crippen LogP contribution in [0.25, 0.3) is 12.2 Å². The Morgan fingerprint density at radius 2 is 1.08 bits per heavy atom. The highest BCUT2D eigenvalue weighted by atomic mass is 16.6. The number of aliphatic hydroxyl groups is 2. The van der Waals surface area contributed by atoms with Gasteiger partial charge in [-0.05, 0) is 61.4 Å². The van der Waals surface area contributed by atoms with E-state index in [2.05, 4.69) is 0 Å². The molecule has 2 aromatic carbocycles. The molecule has 0 unspecified atom stereocenters. The van der Waals surface area contributed by atoms with Crippen LogP contribution in [-0.4, -0.2) is 60.1 Å². The van der Waals surface area contributed by atoms with E-state index >= 15 is 0 Å². The Bertz CT molecular complexity index is 1150. The van der Waals surface area contributed by atoms with Crippen LogP contribution in [0.15, 0.2) is 48.6 Å². The van der Waals surface area contributed by atoms with E-state index in [0.717, 1.165) is 0 Å². The summed E-state index contributed by atoms with van der Waals surface area (Å²) in [7, 11) is 2.80. The van der Waals surface area contributed by atoms with E-state index in [0.29, 0.717) is 11.1 Å². The van der Waals surface area contributed by atoms with Gasteiger partial charge in [0.15, 0.2) is 34.6 Å². The number of methoxy groups -OCH3 is 2. The summed E-state index contributed by atoms with van der Waals surface area (Å²) in [4.78, 5) is 48.1. The minimum Gasteiger partial charge on any atom is -0.493 e. The number of hydrogen-bond donors (Lipinski definition) is 2. The number of benzene rings is 2. The Kier molecular flexibility index (Phi) is 12.1. The highest BCUT2D eigenvalue weighted by Crippen LogP contribution is 2.30. The third-order valence-electron chi connectivity index (χ3n) is 5.02. The largest absolute Gasteiger partial charge is 0.493 e. The molecule has 39 heavy (non-hydrogen) atoms. The molecule has 2 rings (SSSR count). The number of ketones is 2. The van der Waals surface area contributed by atoms with Crippen molar-refractivity contribution in [3.8, 4) is 23.0 Å². The number of carbonyl (C=O) groups is 4. The maximum atomic E-state index is 12.3. The van der Waals surface area contributed by atoms with Crippen LogP contribution in [0, 0.1) is 0 Å². The van der Waals surface area contributed by atoms with Gasteiger partial charge in [0.2, 0.25) is 0 Å². The number of allylic oxidation sites excluding steroid dienone is 2. The number of rotatable bonds is 14. The summed E-state index contributed by atoms with van der Waals surface area (Å²) in [5.41, 5.74) is 1.17. The van der Waals surface area contributed by atoms with Crippen LogP contribution >= 0.6 is 0 Å². The minimum absolute atomic E-state index is 0.166. The zero-order valence-corrected chi connectivity index (χ0v) is 22.2. The van der Waals surface area contributed by atoms with Crippen molar-refractivity contribution in [1.29, 1.82) is 0 Å². The van der Waals surface area contributed by atoms with E-state index in [1.165, 1.54) is 64.5 Å². The van der Waals surface area contributed by atoms with Crippen molar-refractivity contribution >= 4 is 35.7 Å². The minimum atomic E-state index is -0.837. The van der Waals surface area contributed by atoms with Crippen molar-refractivity contribution in [3.05, 3.63) is 59.7 Å². The number of ether oxygens (including phenoxy) is 4. The molecule has 0 aliphatic heterocycles. The van der Waals surface area contributed by atoms with Gasteiger partial charge in [-0.3, -0.25) is 19.2 Å². The summed E-state index contributed by atoms with van der Waals surface area (Å²) in [6, 6.07) is 9.36. The first-order chi connectivity index (χ1) is 18.5. The highest BCUT2D eigenvalue weighted by molar-refractivity contribution is 6.10. The van der Waals surface area contributed by atoms with Crippen LogP contribution in [0.1, 0.15) is 44.2 Å². The maximum Gasteiger partial charge on any atom is 0.313 e. The van der Waals surface area contributed by atoms with E-state index < -0.39 is 35.7 Å². The Hall–Kier alpha value is -4.28. The lowest BCUT2D eigenvalue weighted by Gasteiger charge is -2.10. The van der Waals surface area contributed by atoms with Gasteiger partial charge in [0.25, 0.3) is 0 Å². The molecule has 0 saturated heterocycles. The third-order valence-corrected chi connectivity index (χ3v) is 5.02. The van der Waals surface area contributed by atoms with Crippen LogP contribution < -0.4 is 18.9 Å². The zero-order valence-electron chi connectivity index (χ0n) is 22.2. The van der Waals surface area contributed by atoms with Crippen LogP contribution in [-0.2, 0) is 19.2 Å². The van der Waals surface area contributed by atoms with E-state index in [1.54, 1.807) is 24.3 Å². The summed E-state index contributed by atoms with van der Waals surface area (Å²) < 4.78 is 20.8. The lowest BCUT2D eigenvalue weighted by Crippen LogP contribution is -2.15. The molecule has 10 heteroatoms. The fourth-order valence-electron chi connectivity index (χ4n) is 3.22. The number of aliphatic hydroxyl groups excluding tert-OH is 2. The summed E-state index contributed by atoms with van der Waals surface area (Å²) in [6.07, 6.45) is 3.18. The topological polar surface area (TPSA) is 146 Å². The second-order valence-electron chi connectivity index (χ2n) is 8.65. The fraction of sp³-hybridized carbons (Fsp3) is 0.310. The van der Waals surface area contributed by atoms with Crippen molar-refractivity contribution < 1.29 is 48.3 Å². The molecule has 10 nitrogen and oxygen atoms in total. The number of esters is 2. The van der Waals surface area contributed by atoms with Crippen molar-refractivity contribution in [1.82, 2.24) is 0 Å². The lowest BCUT2D eigenvalue weighted by molar-refractivity contribution is -0.137. The van der Waals surface area contributed by atoms with Gasteiger partial charge in [0.05, 0.1) is 45.7 Å². The molecule has 0 bridgehead atoms. The Morgan fingerprint density at radius 1 is 0.692 bits per heavy atom. The molecular weight excluding hydrogens is 508 g/mol. The van der Waals surface area contributed by atoms with E-state index in [1.807, 2.05) is 0 Å². The molecule has 0 amide bonds. The molecule has 0 spiro atoms. The molecule has 2 aromatic rings. The third kappa shape index (κ3) is 10.9. The molecule has 2 N–H and O–H groups in total. The van der Waals surface area contributed by atoms with Gasteiger partial charge in [0, 0.05) is 0 Å². The number of carbonyl (C=O) groups excluding carboxylic acids is 4. The summed E-state index contributed by atoms with van der Waals surface area (Å²) in [5.74, 6) is -1.19. The zero-order chi connectivity index (χ0) is 28.9. The normalized spacial score (nSPS) is 12.7. The van der Waals surface area contributed by atoms with E-state index in [9.17, 15) is 29.4 Å². The van der Waals surface area contributed by atoms with Gasteiger partial charge < -0.3 is 29.2 Å². The summed E-state index contributed by atoms with van der Waals surface area (Å²) in [5, 5.41) is 18.6. The quantitative estimate of drug-likeness (QED) is 0.158. The molecule has 0 radical (unpaired) electrons. The predicted octanol–water partition coefficient (Wildman–Crippen LogP) is 3.31. The lowest BCUT2D eigenvalue weighted by atomic mass is 10.1. The molecule has 0 heterocycles. The van der Waals surface area contributed by atoms with Gasteiger partial charge in [-0.15, -0.1) is 0 Å². The average molecular weight is 541 g/mol. The highest BCUT2D eigenvalue weighted by Gasteiger charge is 2.14. The van der Waals surface area contributed by atoms with Crippen molar-refractivity contribution in [2.45, 2.75) is 45.3 Å². The predicted molar refractivity (Wildman–Crippen MR) is 143 cm³/mol. The smallest absolute Gasteiger partial charge is 0.313 e. The molecule has 0 aliphatic carbocycles. The van der Waals surface area contributed by atoms with E-state index in [-0.39, 0.29) is 42.3 Å². The van der Waals surface area contributed by atoms with Gasteiger partial charge in [0.1, 0.15) is 0 Å². The van der Waals surface area contributed by atoms with Crippen molar-refractivity contribution in [2.75, 3.05) is 14.2 Å². The first-order valence-corrected chi connectivity index (χ1v) is 12.1.